The van der Waals surface area contributed by atoms with E-state index in [1.165, 1.54) is 6.42 Å². The third kappa shape index (κ3) is 3.25. The van der Waals surface area contributed by atoms with E-state index in [9.17, 15) is 9.90 Å². The van der Waals surface area contributed by atoms with E-state index >= 15 is 0 Å². The summed E-state index contributed by atoms with van der Waals surface area (Å²) >= 11 is 0. The van der Waals surface area contributed by atoms with Crippen molar-refractivity contribution in [2.24, 2.45) is 23.7 Å². The molecule has 0 spiro atoms. The van der Waals surface area contributed by atoms with Gasteiger partial charge in [0.05, 0.1) is 6.61 Å². The second-order valence-electron chi connectivity index (χ2n) is 6.30. The first-order chi connectivity index (χ1) is 8.30. The largest absolute Gasteiger partial charge is 0.464 e. The van der Waals surface area contributed by atoms with Gasteiger partial charge in [-0.05, 0) is 44.4 Å². The van der Waals surface area contributed by atoms with E-state index in [4.69, 9.17) is 4.74 Å². The van der Waals surface area contributed by atoms with Crippen LogP contribution in [0.2, 0.25) is 0 Å². The lowest BCUT2D eigenvalue weighted by Crippen LogP contribution is -2.50. The second kappa shape index (κ2) is 6.05. The molecule has 1 aliphatic rings. The Morgan fingerprint density at radius 1 is 1.44 bits per heavy atom. The monoisotopic (exact) mass is 256 g/mol. The van der Waals surface area contributed by atoms with Crippen molar-refractivity contribution in [2.75, 3.05) is 6.61 Å². The fourth-order valence-electron chi connectivity index (χ4n) is 3.28. The number of rotatable bonds is 4. The van der Waals surface area contributed by atoms with Crippen molar-refractivity contribution in [3.05, 3.63) is 0 Å². The predicted octanol–water partition coefficient (Wildman–Crippen LogP) is 3.01. The van der Waals surface area contributed by atoms with Crippen molar-refractivity contribution in [1.29, 1.82) is 0 Å². The summed E-state index contributed by atoms with van der Waals surface area (Å²) in [5.41, 5.74) is -1.35. The third-order valence-corrected chi connectivity index (χ3v) is 4.43. The number of esters is 1. The van der Waals surface area contributed by atoms with Gasteiger partial charge in [0.25, 0.3) is 0 Å². The van der Waals surface area contributed by atoms with Crippen molar-refractivity contribution in [1.82, 2.24) is 0 Å². The Kier molecular flexibility index (Phi) is 5.20. The van der Waals surface area contributed by atoms with Crippen LogP contribution in [0.5, 0.6) is 0 Å². The standard InChI is InChI=1S/C15H28O3/c1-6-18-14(16)15(5,17)13-9-11(4)7-8-12(13)10(2)3/h10-13,17H,6-9H2,1-5H3. The van der Waals surface area contributed by atoms with Crippen LogP contribution in [0, 0.1) is 23.7 Å². The minimum Gasteiger partial charge on any atom is -0.464 e. The topological polar surface area (TPSA) is 46.5 Å². The van der Waals surface area contributed by atoms with Crippen LogP contribution in [0.3, 0.4) is 0 Å². The van der Waals surface area contributed by atoms with Crippen molar-refractivity contribution in [2.45, 2.75) is 59.5 Å². The van der Waals surface area contributed by atoms with Crippen molar-refractivity contribution >= 4 is 5.97 Å². The lowest BCUT2D eigenvalue weighted by molar-refractivity contribution is -0.175. The van der Waals surface area contributed by atoms with Gasteiger partial charge in [-0.15, -0.1) is 0 Å². The minimum absolute atomic E-state index is 0.0142. The Morgan fingerprint density at radius 2 is 2.06 bits per heavy atom. The molecule has 0 heterocycles. The number of ether oxygens (including phenoxy) is 1. The van der Waals surface area contributed by atoms with Gasteiger partial charge in [-0.25, -0.2) is 4.79 Å². The average molecular weight is 256 g/mol. The SMILES string of the molecule is CCOC(=O)C(C)(O)C1CC(C)CCC1C(C)C. The van der Waals surface area contributed by atoms with Gasteiger partial charge in [0, 0.05) is 5.92 Å². The second-order valence-corrected chi connectivity index (χ2v) is 6.30. The molecule has 0 bridgehead atoms. The van der Waals surface area contributed by atoms with E-state index in [2.05, 4.69) is 20.8 Å². The molecule has 0 saturated heterocycles. The lowest BCUT2D eigenvalue weighted by atomic mass is 9.64. The number of hydrogen-bond donors (Lipinski definition) is 1. The number of carbonyl (C=O) groups is 1. The Balaban J connectivity index is 2.89. The highest BCUT2D eigenvalue weighted by atomic mass is 16.5. The molecule has 0 aromatic carbocycles. The van der Waals surface area contributed by atoms with Crippen LogP contribution in [0.4, 0.5) is 0 Å². The molecule has 0 aromatic heterocycles. The van der Waals surface area contributed by atoms with Gasteiger partial charge in [-0.2, -0.15) is 0 Å². The quantitative estimate of drug-likeness (QED) is 0.786. The van der Waals surface area contributed by atoms with Gasteiger partial charge in [0.1, 0.15) is 0 Å². The van der Waals surface area contributed by atoms with Gasteiger partial charge in [-0.1, -0.05) is 27.2 Å². The summed E-state index contributed by atoms with van der Waals surface area (Å²) in [6.07, 6.45) is 3.20. The lowest BCUT2D eigenvalue weighted by Gasteiger charge is -2.43. The van der Waals surface area contributed by atoms with E-state index in [0.29, 0.717) is 24.4 Å². The van der Waals surface area contributed by atoms with Gasteiger partial charge in [-0.3, -0.25) is 0 Å². The molecule has 1 saturated carbocycles. The first-order valence-corrected chi connectivity index (χ1v) is 7.20. The predicted molar refractivity (Wildman–Crippen MR) is 72.1 cm³/mol. The summed E-state index contributed by atoms with van der Waals surface area (Å²) < 4.78 is 5.03. The molecule has 4 atom stereocenters. The fraction of sp³-hybridized carbons (Fsp3) is 0.933. The maximum Gasteiger partial charge on any atom is 0.338 e. The van der Waals surface area contributed by atoms with Gasteiger partial charge in [0.2, 0.25) is 0 Å². The van der Waals surface area contributed by atoms with E-state index in [0.717, 1.165) is 12.8 Å². The molecule has 1 rings (SSSR count). The van der Waals surface area contributed by atoms with E-state index in [1.807, 2.05) is 0 Å². The Hall–Kier alpha value is -0.570. The summed E-state index contributed by atoms with van der Waals surface area (Å²) in [5.74, 6) is 1.02. The van der Waals surface area contributed by atoms with Crippen LogP contribution in [-0.4, -0.2) is 23.3 Å². The molecule has 3 nitrogen and oxygen atoms in total. The highest BCUT2D eigenvalue weighted by molar-refractivity contribution is 5.79. The Bertz CT molecular complexity index is 283. The minimum atomic E-state index is -1.35. The molecular formula is C15H28O3. The van der Waals surface area contributed by atoms with Crippen LogP contribution in [0.1, 0.15) is 53.9 Å². The van der Waals surface area contributed by atoms with Gasteiger partial charge >= 0.3 is 5.97 Å². The zero-order chi connectivity index (χ0) is 13.9. The molecule has 0 amide bonds. The number of hydrogen-bond acceptors (Lipinski definition) is 3. The number of aliphatic hydroxyl groups is 1. The highest BCUT2D eigenvalue weighted by Gasteiger charge is 2.47. The summed E-state index contributed by atoms with van der Waals surface area (Å²) in [7, 11) is 0. The summed E-state index contributed by atoms with van der Waals surface area (Å²) in [6, 6.07) is 0. The van der Waals surface area contributed by atoms with Crippen LogP contribution in [0.15, 0.2) is 0 Å². The molecule has 4 unspecified atom stereocenters. The fourth-order valence-corrected chi connectivity index (χ4v) is 3.28. The normalized spacial score (nSPS) is 32.1. The van der Waals surface area contributed by atoms with Crippen molar-refractivity contribution in [3.8, 4) is 0 Å². The maximum atomic E-state index is 12.0. The zero-order valence-corrected chi connectivity index (χ0v) is 12.4. The smallest absolute Gasteiger partial charge is 0.338 e. The molecule has 0 aliphatic heterocycles. The summed E-state index contributed by atoms with van der Waals surface area (Å²) in [6.45, 7) is 10.3. The first-order valence-electron chi connectivity index (χ1n) is 7.20. The Morgan fingerprint density at radius 3 is 2.56 bits per heavy atom. The van der Waals surface area contributed by atoms with Crippen LogP contribution < -0.4 is 0 Å². The molecule has 1 fully saturated rings. The average Bonchev–Trinajstić information content (AvgIpc) is 2.28. The van der Waals surface area contributed by atoms with E-state index in [-0.39, 0.29) is 5.92 Å². The molecule has 18 heavy (non-hydrogen) atoms. The number of carbonyl (C=O) groups excluding carboxylic acids is 1. The molecule has 1 N–H and O–H groups in total. The molecule has 0 radical (unpaired) electrons. The molecule has 0 aromatic rings. The van der Waals surface area contributed by atoms with Gasteiger partial charge in [0.15, 0.2) is 5.60 Å². The molecule has 106 valence electrons. The highest BCUT2D eigenvalue weighted by Crippen LogP contribution is 2.43. The first kappa shape index (κ1) is 15.5. The van der Waals surface area contributed by atoms with Crippen molar-refractivity contribution < 1.29 is 14.6 Å². The van der Waals surface area contributed by atoms with Crippen LogP contribution >= 0.6 is 0 Å². The molecule has 1 aliphatic carbocycles. The third-order valence-electron chi connectivity index (χ3n) is 4.43. The van der Waals surface area contributed by atoms with E-state index in [1.54, 1.807) is 13.8 Å². The molecular weight excluding hydrogens is 228 g/mol. The van der Waals surface area contributed by atoms with Crippen molar-refractivity contribution in [3.63, 3.8) is 0 Å². The summed E-state index contributed by atoms with van der Waals surface area (Å²) in [4.78, 5) is 12.0. The van der Waals surface area contributed by atoms with E-state index < -0.39 is 11.6 Å². The molecule has 3 heteroatoms. The van der Waals surface area contributed by atoms with Crippen LogP contribution in [-0.2, 0) is 9.53 Å². The van der Waals surface area contributed by atoms with Crippen LogP contribution in [0.25, 0.3) is 0 Å². The Labute approximate surface area is 111 Å². The zero-order valence-electron chi connectivity index (χ0n) is 12.4. The van der Waals surface area contributed by atoms with Gasteiger partial charge < -0.3 is 9.84 Å². The summed E-state index contributed by atoms with van der Waals surface area (Å²) in [5, 5.41) is 10.6. The maximum absolute atomic E-state index is 12.0.